The van der Waals surface area contributed by atoms with Crippen molar-refractivity contribution in [2.75, 3.05) is 19.6 Å². The summed E-state index contributed by atoms with van der Waals surface area (Å²) in [5.41, 5.74) is 3.62. The number of hydrogen-bond acceptors (Lipinski definition) is 2. The Labute approximate surface area is 144 Å². The highest BCUT2D eigenvalue weighted by atomic mass is 35.5. The molecule has 0 bridgehead atoms. The average molecular weight is 329 g/mol. The van der Waals surface area contributed by atoms with Crippen LogP contribution in [0.2, 0.25) is 5.02 Å². The van der Waals surface area contributed by atoms with Gasteiger partial charge < -0.3 is 4.90 Å². The first-order valence-electron chi connectivity index (χ1n) is 8.63. The maximum absolute atomic E-state index is 6.50. The van der Waals surface area contributed by atoms with Crippen LogP contribution in [-0.4, -0.2) is 29.5 Å². The van der Waals surface area contributed by atoms with Gasteiger partial charge in [-0.15, -0.1) is 0 Å². The minimum atomic E-state index is 0.340. The summed E-state index contributed by atoms with van der Waals surface area (Å²) in [5, 5.41) is 0.866. The molecule has 1 aromatic heterocycles. The Morgan fingerprint density at radius 2 is 1.91 bits per heavy atom. The summed E-state index contributed by atoms with van der Waals surface area (Å²) in [6, 6.07) is 12.6. The largest absolute Gasteiger partial charge is 0.303 e. The highest BCUT2D eigenvalue weighted by Crippen LogP contribution is 2.33. The smallest absolute Gasteiger partial charge is 0.0444 e. The lowest BCUT2D eigenvalue weighted by Crippen LogP contribution is -2.31. The summed E-state index contributed by atoms with van der Waals surface area (Å²) >= 11 is 6.50. The number of benzene rings is 1. The fourth-order valence-electron chi connectivity index (χ4n) is 3.54. The third-order valence-electron chi connectivity index (χ3n) is 4.79. The Balaban J connectivity index is 1.82. The van der Waals surface area contributed by atoms with Crippen molar-refractivity contribution in [3.8, 4) is 0 Å². The van der Waals surface area contributed by atoms with Crippen LogP contribution in [0, 0.1) is 6.92 Å². The van der Waals surface area contributed by atoms with Gasteiger partial charge in [0.15, 0.2) is 0 Å². The normalized spacial score (nSPS) is 17.1. The molecule has 0 aliphatic carbocycles. The number of halogens is 1. The van der Waals surface area contributed by atoms with Crippen molar-refractivity contribution in [3.05, 3.63) is 64.4 Å². The molecule has 122 valence electrons. The van der Waals surface area contributed by atoms with Crippen molar-refractivity contribution in [1.82, 2.24) is 9.88 Å². The molecule has 1 aliphatic heterocycles. The van der Waals surface area contributed by atoms with Crippen LogP contribution in [-0.2, 0) is 0 Å². The molecule has 2 nitrogen and oxygen atoms in total. The molecule has 0 spiro atoms. The fraction of sp³-hybridized carbons (Fsp3) is 0.450. The molecule has 2 aromatic rings. The summed E-state index contributed by atoms with van der Waals surface area (Å²) < 4.78 is 0. The minimum Gasteiger partial charge on any atom is -0.303 e. The van der Waals surface area contributed by atoms with Gasteiger partial charge in [0.2, 0.25) is 0 Å². The van der Waals surface area contributed by atoms with Crippen LogP contribution in [0.5, 0.6) is 0 Å². The molecule has 3 heteroatoms. The van der Waals surface area contributed by atoms with Crippen LogP contribution in [0.25, 0.3) is 0 Å². The van der Waals surface area contributed by atoms with Crippen LogP contribution in [0.4, 0.5) is 0 Å². The van der Waals surface area contributed by atoms with E-state index >= 15 is 0 Å². The van der Waals surface area contributed by atoms with E-state index in [1.807, 2.05) is 18.3 Å². The third-order valence-corrected chi connectivity index (χ3v) is 5.13. The molecule has 0 amide bonds. The van der Waals surface area contributed by atoms with Gasteiger partial charge in [-0.1, -0.05) is 36.2 Å². The second-order valence-corrected chi connectivity index (χ2v) is 6.90. The van der Waals surface area contributed by atoms with Crippen LogP contribution in [0.15, 0.2) is 42.6 Å². The van der Waals surface area contributed by atoms with Gasteiger partial charge in [-0.3, -0.25) is 4.98 Å². The predicted octanol–water partition coefficient (Wildman–Crippen LogP) is 5.05. The maximum Gasteiger partial charge on any atom is 0.0444 e. The van der Waals surface area contributed by atoms with Gasteiger partial charge in [-0.2, -0.15) is 0 Å². The van der Waals surface area contributed by atoms with Gasteiger partial charge in [-0.25, -0.2) is 0 Å². The summed E-state index contributed by atoms with van der Waals surface area (Å²) in [6.07, 6.45) is 7.08. The van der Waals surface area contributed by atoms with Crippen molar-refractivity contribution < 1.29 is 0 Å². The van der Waals surface area contributed by atoms with E-state index in [0.717, 1.165) is 23.7 Å². The van der Waals surface area contributed by atoms with Gasteiger partial charge >= 0.3 is 0 Å². The Bertz CT molecular complexity index is 635. The van der Waals surface area contributed by atoms with E-state index < -0.39 is 0 Å². The van der Waals surface area contributed by atoms with Gasteiger partial charge in [0.1, 0.15) is 0 Å². The van der Waals surface area contributed by atoms with E-state index in [9.17, 15) is 0 Å². The standard InChI is InChI=1S/C20H25ClN2/c1-16-15-17(9-11-22-16)18(19-7-3-4-8-20(19)21)10-14-23-12-5-2-6-13-23/h3-4,7-9,11,15,18H,2,5-6,10,12-14H2,1H3. The Morgan fingerprint density at radius 3 is 2.65 bits per heavy atom. The maximum atomic E-state index is 6.50. The van der Waals surface area contributed by atoms with E-state index in [4.69, 9.17) is 11.6 Å². The molecule has 0 saturated carbocycles. The number of rotatable bonds is 5. The number of aryl methyl sites for hydroxylation is 1. The zero-order valence-electron chi connectivity index (χ0n) is 13.8. The van der Waals surface area contributed by atoms with Gasteiger partial charge in [-0.05, 0) is 75.1 Å². The molecule has 3 rings (SSSR count). The van der Waals surface area contributed by atoms with E-state index in [0.29, 0.717) is 5.92 Å². The first kappa shape index (κ1) is 16.5. The first-order valence-corrected chi connectivity index (χ1v) is 9.01. The van der Waals surface area contributed by atoms with E-state index in [-0.39, 0.29) is 0 Å². The molecule has 0 N–H and O–H groups in total. The average Bonchev–Trinajstić information content (AvgIpc) is 2.58. The third kappa shape index (κ3) is 4.33. The first-order chi connectivity index (χ1) is 11.2. The highest BCUT2D eigenvalue weighted by Gasteiger charge is 2.19. The number of likely N-dealkylation sites (tertiary alicyclic amines) is 1. The molecule has 0 radical (unpaired) electrons. The fourth-order valence-corrected chi connectivity index (χ4v) is 3.81. The number of aromatic nitrogens is 1. The molecule has 1 atom stereocenters. The van der Waals surface area contributed by atoms with Gasteiger partial charge in [0.05, 0.1) is 0 Å². The zero-order valence-corrected chi connectivity index (χ0v) is 14.6. The second kappa shape index (κ2) is 7.94. The molecule has 1 fully saturated rings. The van der Waals surface area contributed by atoms with Crippen molar-refractivity contribution in [1.29, 1.82) is 0 Å². The topological polar surface area (TPSA) is 16.1 Å². The predicted molar refractivity (Wildman–Crippen MR) is 97.2 cm³/mol. The molecular formula is C20H25ClN2. The summed E-state index contributed by atoms with van der Waals surface area (Å²) in [5.74, 6) is 0.340. The lowest BCUT2D eigenvalue weighted by atomic mass is 9.88. The molecule has 23 heavy (non-hydrogen) atoms. The Hall–Kier alpha value is -1.38. The molecule has 1 saturated heterocycles. The number of pyridine rings is 1. The van der Waals surface area contributed by atoms with Crippen molar-refractivity contribution in [3.63, 3.8) is 0 Å². The molecule has 1 unspecified atom stereocenters. The Kier molecular flexibility index (Phi) is 5.69. The quantitative estimate of drug-likeness (QED) is 0.763. The van der Waals surface area contributed by atoms with Crippen LogP contribution in [0.1, 0.15) is 48.4 Å². The van der Waals surface area contributed by atoms with Crippen molar-refractivity contribution >= 4 is 11.6 Å². The molecule has 1 aliphatic rings. The lowest BCUT2D eigenvalue weighted by molar-refractivity contribution is 0.223. The van der Waals surface area contributed by atoms with E-state index in [1.165, 1.54) is 43.5 Å². The summed E-state index contributed by atoms with van der Waals surface area (Å²) in [6.45, 7) is 5.67. The molecule has 2 heterocycles. The molecular weight excluding hydrogens is 304 g/mol. The number of hydrogen-bond donors (Lipinski definition) is 0. The van der Waals surface area contributed by atoms with Gasteiger partial charge in [0.25, 0.3) is 0 Å². The number of piperidine rings is 1. The van der Waals surface area contributed by atoms with Crippen LogP contribution < -0.4 is 0 Å². The van der Waals surface area contributed by atoms with Crippen LogP contribution >= 0.6 is 11.6 Å². The highest BCUT2D eigenvalue weighted by molar-refractivity contribution is 6.31. The zero-order chi connectivity index (χ0) is 16.1. The SMILES string of the molecule is Cc1cc(C(CCN2CCCCC2)c2ccccc2Cl)ccn1. The minimum absolute atomic E-state index is 0.340. The summed E-state index contributed by atoms with van der Waals surface area (Å²) in [7, 11) is 0. The second-order valence-electron chi connectivity index (χ2n) is 6.50. The van der Waals surface area contributed by atoms with Crippen molar-refractivity contribution in [2.45, 2.75) is 38.5 Å². The monoisotopic (exact) mass is 328 g/mol. The van der Waals surface area contributed by atoms with Crippen LogP contribution in [0.3, 0.4) is 0 Å². The molecule has 1 aromatic carbocycles. The lowest BCUT2D eigenvalue weighted by Gasteiger charge is -2.29. The Morgan fingerprint density at radius 1 is 1.13 bits per heavy atom. The number of nitrogens with zero attached hydrogens (tertiary/aromatic N) is 2. The van der Waals surface area contributed by atoms with Crippen molar-refractivity contribution in [2.24, 2.45) is 0 Å². The van der Waals surface area contributed by atoms with E-state index in [2.05, 4.69) is 41.1 Å². The van der Waals surface area contributed by atoms with Gasteiger partial charge in [0, 0.05) is 22.8 Å². The summed E-state index contributed by atoms with van der Waals surface area (Å²) in [4.78, 5) is 6.94. The van der Waals surface area contributed by atoms with E-state index in [1.54, 1.807) is 0 Å².